The molecule has 0 spiro atoms. The zero-order valence-electron chi connectivity index (χ0n) is 11.0. The highest BCUT2D eigenvalue weighted by Crippen LogP contribution is 2.23. The first-order valence-corrected chi connectivity index (χ1v) is 6.54. The van der Waals surface area contributed by atoms with Crippen molar-refractivity contribution in [1.29, 1.82) is 0 Å². The molecule has 1 aromatic heterocycles. The maximum atomic E-state index is 5.85. The van der Waals surface area contributed by atoms with Gasteiger partial charge in [-0.15, -0.1) is 0 Å². The number of hydrogen-bond donors (Lipinski definition) is 0. The molecule has 4 nitrogen and oxygen atoms in total. The standard InChI is InChI=1S/C15H17N3O/c1-12-7-8-16-15(17-12)18-9-10-19-14(11-18)13-5-3-2-4-6-13/h2-8,14H,9-11H2,1H3. The largest absolute Gasteiger partial charge is 0.370 e. The lowest BCUT2D eigenvalue weighted by molar-refractivity contribution is 0.0392. The molecule has 4 heteroatoms. The molecule has 1 saturated heterocycles. The molecule has 1 fully saturated rings. The second-order valence-electron chi connectivity index (χ2n) is 4.71. The molecule has 1 aliphatic rings. The molecule has 98 valence electrons. The fourth-order valence-electron chi connectivity index (χ4n) is 2.29. The molecule has 1 aromatic carbocycles. The number of ether oxygens (including phenoxy) is 1. The Labute approximate surface area is 113 Å². The number of rotatable bonds is 2. The average molecular weight is 255 g/mol. The van der Waals surface area contributed by atoms with Crippen molar-refractivity contribution in [3.05, 3.63) is 53.9 Å². The predicted octanol–water partition coefficient (Wildman–Crippen LogP) is 2.36. The first kappa shape index (κ1) is 12.1. The summed E-state index contributed by atoms with van der Waals surface area (Å²) in [5.41, 5.74) is 2.20. The highest BCUT2D eigenvalue weighted by atomic mass is 16.5. The number of nitrogens with zero attached hydrogens (tertiary/aromatic N) is 3. The van der Waals surface area contributed by atoms with Crippen molar-refractivity contribution in [2.45, 2.75) is 13.0 Å². The lowest BCUT2D eigenvalue weighted by atomic mass is 10.1. The van der Waals surface area contributed by atoms with Crippen LogP contribution in [0, 0.1) is 6.92 Å². The molecule has 0 amide bonds. The van der Waals surface area contributed by atoms with E-state index in [0.717, 1.165) is 24.7 Å². The van der Waals surface area contributed by atoms with E-state index in [4.69, 9.17) is 4.74 Å². The molecule has 3 rings (SSSR count). The van der Waals surface area contributed by atoms with Gasteiger partial charge in [0.1, 0.15) is 6.10 Å². The Morgan fingerprint density at radius 1 is 1.21 bits per heavy atom. The Bertz CT molecular complexity index is 544. The number of aromatic nitrogens is 2. The van der Waals surface area contributed by atoms with Gasteiger partial charge in [-0.05, 0) is 18.6 Å². The maximum absolute atomic E-state index is 5.85. The number of aryl methyl sites for hydroxylation is 1. The molecular weight excluding hydrogens is 238 g/mol. The van der Waals surface area contributed by atoms with Crippen molar-refractivity contribution in [3.8, 4) is 0 Å². The Balaban J connectivity index is 1.78. The molecule has 0 N–H and O–H groups in total. The predicted molar refractivity (Wildman–Crippen MR) is 74.1 cm³/mol. The van der Waals surface area contributed by atoms with Gasteiger partial charge in [-0.25, -0.2) is 9.97 Å². The SMILES string of the molecule is Cc1ccnc(N2CCOC(c3ccccc3)C2)n1. The van der Waals surface area contributed by atoms with Gasteiger partial charge in [-0.3, -0.25) is 0 Å². The number of benzene rings is 1. The van der Waals surface area contributed by atoms with Crippen molar-refractivity contribution in [2.75, 3.05) is 24.6 Å². The third kappa shape index (κ3) is 2.74. The number of anilines is 1. The lowest BCUT2D eigenvalue weighted by Crippen LogP contribution is -2.39. The molecule has 0 aliphatic carbocycles. The van der Waals surface area contributed by atoms with E-state index in [0.29, 0.717) is 6.61 Å². The topological polar surface area (TPSA) is 38.2 Å². The van der Waals surface area contributed by atoms with Gasteiger partial charge in [0.25, 0.3) is 0 Å². The summed E-state index contributed by atoms with van der Waals surface area (Å²) < 4.78 is 5.85. The molecule has 1 atom stereocenters. The quantitative estimate of drug-likeness (QED) is 0.825. The van der Waals surface area contributed by atoms with Gasteiger partial charge in [-0.2, -0.15) is 0 Å². The van der Waals surface area contributed by atoms with Gasteiger partial charge in [0, 0.05) is 18.4 Å². The van der Waals surface area contributed by atoms with Crippen molar-refractivity contribution in [1.82, 2.24) is 9.97 Å². The van der Waals surface area contributed by atoms with Crippen LogP contribution in [-0.4, -0.2) is 29.7 Å². The van der Waals surface area contributed by atoms with Gasteiger partial charge in [-0.1, -0.05) is 30.3 Å². The van der Waals surface area contributed by atoms with Crippen molar-refractivity contribution < 1.29 is 4.74 Å². The Hall–Kier alpha value is -1.94. The van der Waals surface area contributed by atoms with Crippen molar-refractivity contribution in [2.24, 2.45) is 0 Å². The van der Waals surface area contributed by atoms with Crippen LogP contribution in [0.1, 0.15) is 17.4 Å². The molecule has 2 heterocycles. The molecule has 0 bridgehead atoms. The normalized spacial score (nSPS) is 19.4. The van der Waals surface area contributed by atoms with Crippen LogP contribution in [0.3, 0.4) is 0 Å². The summed E-state index contributed by atoms with van der Waals surface area (Å²) in [6.45, 7) is 4.33. The molecular formula is C15H17N3O. The van der Waals surface area contributed by atoms with Crippen LogP contribution in [0.5, 0.6) is 0 Å². The Morgan fingerprint density at radius 3 is 2.84 bits per heavy atom. The summed E-state index contributed by atoms with van der Waals surface area (Å²) >= 11 is 0. The number of morpholine rings is 1. The summed E-state index contributed by atoms with van der Waals surface area (Å²) in [6, 6.07) is 12.2. The molecule has 0 radical (unpaired) electrons. The minimum atomic E-state index is 0.0964. The molecule has 2 aromatic rings. The van der Waals surface area contributed by atoms with E-state index in [-0.39, 0.29) is 6.10 Å². The van der Waals surface area contributed by atoms with E-state index in [2.05, 4.69) is 27.0 Å². The van der Waals surface area contributed by atoms with E-state index in [1.54, 1.807) is 0 Å². The fourth-order valence-corrected chi connectivity index (χ4v) is 2.29. The summed E-state index contributed by atoms with van der Waals surface area (Å²) in [6.07, 6.45) is 1.91. The minimum absolute atomic E-state index is 0.0964. The van der Waals surface area contributed by atoms with Crippen LogP contribution in [-0.2, 0) is 4.74 Å². The van der Waals surface area contributed by atoms with Crippen LogP contribution in [0.4, 0.5) is 5.95 Å². The van der Waals surface area contributed by atoms with Crippen molar-refractivity contribution >= 4 is 5.95 Å². The average Bonchev–Trinajstić information content (AvgIpc) is 2.48. The summed E-state index contributed by atoms with van der Waals surface area (Å²) in [4.78, 5) is 11.0. The van der Waals surface area contributed by atoms with Crippen LogP contribution >= 0.6 is 0 Å². The second kappa shape index (κ2) is 5.36. The van der Waals surface area contributed by atoms with Crippen LogP contribution < -0.4 is 4.90 Å². The third-order valence-corrected chi connectivity index (χ3v) is 3.30. The zero-order chi connectivity index (χ0) is 13.1. The summed E-state index contributed by atoms with van der Waals surface area (Å²) in [5.74, 6) is 0.796. The van der Waals surface area contributed by atoms with E-state index in [1.807, 2.05) is 37.4 Å². The van der Waals surface area contributed by atoms with Gasteiger partial charge in [0.15, 0.2) is 0 Å². The smallest absolute Gasteiger partial charge is 0.225 e. The molecule has 0 saturated carbocycles. The first-order chi connectivity index (χ1) is 9.33. The molecule has 1 unspecified atom stereocenters. The van der Waals surface area contributed by atoms with Crippen molar-refractivity contribution in [3.63, 3.8) is 0 Å². The van der Waals surface area contributed by atoms with Gasteiger partial charge >= 0.3 is 0 Å². The Morgan fingerprint density at radius 2 is 2.05 bits per heavy atom. The first-order valence-electron chi connectivity index (χ1n) is 6.54. The highest BCUT2D eigenvalue weighted by molar-refractivity contribution is 5.32. The van der Waals surface area contributed by atoms with E-state index >= 15 is 0 Å². The minimum Gasteiger partial charge on any atom is -0.370 e. The Kier molecular flexibility index (Phi) is 3.42. The van der Waals surface area contributed by atoms with E-state index in [1.165, 1.54) is 5.56 Å². The second-order valence-corrected chi connectivity index (χ2v) is 4.71. The van der Waals surface area contributed by atoms with Crippen LogP contribution in [0.15, 0.2) is 42.6 Å². The molecule has 1 aliphatic heterocycles. The summed E-state index contributed by atoms with van der Waals surface area (Å²) in [7, 11) is 0. The van der Waals surface area contributed by atoms with Crippen LogP contribution in [0.2, 0.25) is 0 Å². The van der Waals surface area contributed by atoms with Gasteiger partial charge in [0.2, 0.25) is 5.95 Å². The molecule has 19 heavy (non-hydrogen) atoms. The third-order valence-electron chi connectivity index (χ3n) is 3.30. The lowest BCUT2D eigenvalue weighted by Gasteiger charge is -2.33. The fraction of sp³-hybridized carbons (Fsp3) is 0.333. The number of hydrogen-bond acceptors (Lipinski definition) is 4. The summed E-state index contributed by atoms with van der Waals surface area (Å²) in [5, 5.41) is 0. The highest BCUT2D eigenvalue weighted by Gasteiger charge is 2.23. The van der Waals surface area contributed by atoms with E-state index in [9.17, 15) is 0 Å². The van der Waals surface area contributed by atoms with Gasteiger partial charge in [0.05, 0.1) is 13.2 Å². The maximum Gasteiger partial charge on any atom is 0.225 e. The van der Waals surface area contributed by atoms with E-state index < -0.39 is 0 Å². The monoisotopic (exact) mass is 255 g/mol. The van der Waals surface area contributed by atoms with Crippen LogP contribution in [0.25, 0.3) is 0 Å². The van der Waals surface area contributed by atoms with Gasteiger partial charge < -0.3 is 9.64 Å². The zero-order valence-corrected chi connectivity index (χ0v) is 11.0.